The summed E-state index contributed by atoms with van der Waals surface area (Å²) in [4.78, 5) is 13.9. The Morgan fingerprint density at radius 1 is 1.23 bits per heavy atom. The van der Waals surface area contributed by atoms with Crippen molar-refractivity contribution in [1.29, 1.82) is 0 Å². The summed E-state index contributed by atoms with van der Waals surface area (Å²) in [5.41, 5.74) is 1.27. The summed E-state index contributed by atoms with van der Waals surface area (Å²) in [5, 5.41) is 4.25. The van der Waals surface area contributed by atoms with E-state index in [2.05, 4.69) is 17.4 Å². The van der Waals surface area contributed by atoms with Gasteiger partial charge in [-0.2, -0.15) is 4.31 Å². The molecule has 0 unspecified atom stereocenters. The maximum Gasteiger partial charge on any atom is 0.261 e. The van der Waals surface area contributed by atoms with E-state index in [4.69, 9.17) is 0 Å². The fraction of sp³-hybridized carbons (Fsp3) is 0.389. The first-order chi connectivity index (χ1) is 12.5. The molecule has 1 aromatic carbocycles. The summed E-state index contributed by atoms with van der Waals surface area (Å²) in [6, 6.07) is 11.7. The van der Waals surface area contributed by atoms with Crippen LogP contribution >= 0.6 is 11.3 Å². The molecule has 0 bridgehead atoms. The number of nitrogens with one attached hydrogen (secondary N) is 2. The quantitative estimate of drug-likeness (QED) is 0.753. The van der Waals surface area contributed by atoms with E-state index in [1.807, 2.05) is 25.1 Å². The number of nitrogens with zero attached hydrogens (tertiary/aromatic N) is 1. The van der Waals surface area contributed by atoms with Crippen LogP contribution in [0.2, 0.25) is 0 Å². The molecule has 2 N–H and O–H groups in total. The number of carbonyl (C=O) groups is 1. The first-order valence-corrected chi connectivity index (χ1v) is 11.1. The molecule has 0 spiro atoms. The van der Waals surface area contributed by atoms with Crippen molar-refractivity contribution in [3.8, 4) is 0 Å². The summed E-state index contributed by atoms with van der Waals surface area (Å²) < 4.78 is 27.2. The Labute approximate surface area is 158 Å². The lowest BCUT2D eigenvalue weighted by Crippen LogP contribution is -3.13. The topological polar surface area (TPSA) is 70.9 Å². The average molecular weight is 395 g/mol. The third kappa shape index (κ3) is 4.32. The molecule has 0 atom stereocenters. The van der Waals surface area contributed by atoms with E-state index >= 15 is 0 Å². The van der Waals surface area contributed by atoms with Crippen LogP contribution in [0.25, 0.3) is 0 Å². The molecule has 0 aliphatic carbocycles. The fourth-order valence-electron chi connectivity index (χ4n) is 3.07. The van der Waals surface area contributed by atoms with Gasteiger partial charge in [0.05, 0.1) is 36.0 Å². The van der Waals surface area contributed by atoms with E-state index in [0.29, 0.717) is 24.5 Å². The first-order valence-electron chi connectivity index (χ1n) is 8.75. The van der Waals surface area contributed by atoms with Crippen LogP contribution in [0.1, 0.15) is 22.2 Å². The monoisotopic (exact) mass is 394 g/mol. The molecule has 8 heteroatoms. The molecule has 1 aliphatic heterocycles. The highest BCUT2D eigenvalue weighted by Gasteiger charge is 2.31. The molecule has 3 rings (SSSR count). The average Bonchev–Trinajstić information content (AvgIpc) is 3.14. The highest BCUT2D eigenvalue weighted by Crippen LogP contribution is 2.22. The summed E-state index contributed by atoms with van der Waals surface area (Å²) in [5.74, 6) is -0.226. The Morgan fingerprint density at radius 3 is 2.58 bits per heavy atom. The van der Waals surface area contributed by atoms with Crippen molar-refractivity contribution in [3.63, 3.8) is 0 Å². The number of carbonyl (C=O) groups excluding carboxylic acids is 1. The van der Waals surface area contributed by atoms with Crippen molar-refractivity contribution >= 4 is 27.3 Å². The van der Waals surface area contributed by atoms with E-state index in [-0.39, 0.29) is 10.8 Å². The number of hydrogen-bond donors (Lipinski definition) is 2. The second-order valence-corrected chi connectivity index (χ2v) is 9.17. The lowest BCUT2D eigenvalue weighted by molar-refractivity contribution is -0.917. The van der Waals surface area contributed by atoms with Crippen LogP contribution in [0.15, 0.2) is 46.7 Å². The molecule has 0 radical (unpaired) electrons. The van der Waals surface area contributed by atoms with Gasteiger partial charge < -0.3 is 10.2 Å². The number of thiophene rings is 1. The SMILES string of the molecule is CCNC(=O)c1cc(S(=O)(=O)N2CC[NH+](Cc3ccccc3)CC2)cs1. The van der Waals surface area contributed by atoms with Crippen molar-refractivity contribution in [2.45, 2.75) is 18.4 Å². The van der Waals surface area contributed by atoms with Crippen LogP contribution in [0.4, 0.5) is 0 Å². The third-order valence-corrected chi connectivity index (χ3v) is 7.46. The predicted molar refractivity (Wildman–Crippen MR) is 102 cm³/mol. The molecule has 2 aromatic rings. The van der Waals surface area contributed by atoms with Gasteiger partial charge in [0.2, 0.25) is 10.0 Å². The summed E-state index contributed by atoms with van der Waals surface area (Å²) >= 11 is 1.17. The molecule has 1 amide bonds. The van der Waals surface area contributed by atoms with Gasteiger partial charge >= 0.3 is 0 Å². The Kier molecular flexibility index (Phi) is 6.08. The Hall–Kier alpha value is -1.74. The number of rotatable bonds is 6. The lowest BCUT2D eigenvalue weighted by Gasteiger charge is -2.31. The largest absolute Gasteiger partial charge is 0.352 e. The van der Waals surface area contributed by atoms with Crippen LogP contribution in [0.3, 0.4) is 0 Å². The first kappa shape index (κ1) is 19.0. The van der Waals surface area contributed by atoms with Crippen LogP contribution < -0.4 is 10.2 Å². The van der Waals surface area contributed by atoms with Crippen molar-refractivity contribution in [2.24, 2.45) is 0 Å². The zero-order valence-corrected chi connectivity index (χ0v) is 16.4. The molecular formula is C18H24N3O3S2+. The second kappa shape index (κ2) is 8.30. The minimum absolute atomic E-state index is 0.218. The zero-order chi connectivity index (χ0) is 18.6. The molecule has 1 aromatic heterocycles. The highest BCUT2D eigenvalue weighted by atomic mass is 32.2. The smallest absolute Gasteiger partial charge is 0.261 e. The van der Waals surface area contributed by atoms with Gasteiger partial charge in [0.25, 0.3) is 5.91 Å². The lowest BCUT2D eigenvalue weighted by atomic mass is 10.2. The number of hydrogen-bond acceptors (Lipinski definition) is 4. The second-order valence-electron chi connectivity index (χ2n) is 6.32. The maximum atomic E-state index is 12.8. The Morgan fingerprint density at radius 2 is 1.92 bits per heavy atom. The molecule has 26 heavy (non-hydrogen) atoms. The number of amides is 1. The predicted octanol–water partition coefficient (Wildman–Crippen LogP) is 0.587. The van der Waals surface area contributed by atoms with Crippen LogP contribution in [-0.4, -0.2) is 51.4 Å². The minimum atomic E-state index is -3.54. The molecule has 140 valence electrons. The molecular weight excluding hydrogens is 370 g/mol. The van der Waals surface area contributed by atoms with Crippen LogP contribution in [0.5, 0.6) is 0 Å². The van der Waals surface area contributed by atoms with Crippen molar-refractivity contribution < 1.29 is 18.1 Å². The summed E-state index contributed by atoms with van der Waals surface area (Å²) in [6.07, 6.45) is 0. The molecule has 0 saturated carbocycles. The van der Waals surface area contributed by atoms with Gasteiger partial charge in [-0.25, -0.2) is 8.42 Å². The van der Waals surface area contributed by atoms with Gasteiger partial charge in [-0.05, 0) is 13.0 Å². The summed E-state index contributed by atoms with van der Waals surface area (Å²) in [7, 11) is -3.54. The van der Waals surface area contributed by atoms with Gasteiger partial charge in [0.15, 0.2) is 0 Å². The van der Waals surface area contributed by atoms with Gasteiger partial charge in [-0.15, -0.1) is 11.3 Å². The maximum absolute atomic E-state index is 12.8. The molecule has 2 heterocycles. The summed E-state index contributed by atoms with van der Waals surface area (Å²) in [6.45, 7) is 5.82. The molecule has 1 aliphatic rings. The van der Waals surface area contributed by atoms with Gasteiger partial charge in [0.1, 0.15) is 6.54 Å². The van der Waals surface area contributed by atoms with E-state index in [0.717, 1.165) is 19.6 Å². The minimum Gasteiger partial charge on any atom is -0.352 e. The van der Waals surface area contributed by atoms with E-state index in [9.17, 15) is 13.2 Å². The number of sulfonamides is 1. The molecule has 1 fully saturated rings. The fourth-order valence-corrected chi connectivity index (χ4v) is 5.69. The van der Waals surface area contributed by atoms with Crippen molar-refractivity contribution in [3.05, 3.63) is 52.2 Å². The molecule has 1 saturated heterocycles. The van der Waals surface area contributed by atoms with Crippen LogP contribution in [-0.2, 0) is 16.6 Å². The van der Waals surface area contributed by atoms with Gasteiger partial charge in [0, 0.05) is 17.5 Å². The third-order valence-electron chi connectivity index (χ3n) is 4.50. The van der Waals surface area contributed by atoms with Crippen molar-refractivity contribution in [2.75, 3.05) is 32.7 Å². The van der Waals surface area contributed by atoms with Gasteiger partial charge in [-0.1, -0.05) is 30.3 Å². The van der Waals surface area contributed by atoms with E-state index < -0.39 is 10.0 Å². The van der Waals surface area contributed by atoms with Gasteiger partial charge in [-0.3, -0.25) is 4.79 Å². The number of quaternary nitrogens is 1. The molecule has 6 nitrogen and oxygen atoms in total. The standard InChI is InChI=1S/C18H23N3O3S2/c1-2-19-18(22)17-12-16(14-25-17)26(23,24)21-10-8-20(9-11-21)13-15-6-4-3-5-7-15/h3-7,12,14H,2,8-11,13H2,1H3,(H,19,22)/p+1. The Bertz CT molecular complexity index is 842. The van der Waals surface area contributed by atoms with E-state index in [1.165, 1.54) is 32.2 Å². The normalized spacial score (nSPS) is 16.5. The highest BCUT2D eigenvalue weighted by molar-refractivity contribution is 7.89. The Balaban J connectivity index is 1.62. The van der Waals surface area contributed by atoms with E-state index in [1.54, 1.807) is 5.38 Å². The number of piperazine rings is 1. The number of benzene rings is 1. The van der Waals surface area contributed by atoms with Crippen molar-refractivity contribution in [1.82, 2.24) is 9.62 Å². The zero-order valence-electron chi connectivity index (χ0n) is 14.8. The van der Waals surface area contributed by atoms with Crippen LogP contribution in [0, 0.1) is 0 Å².